The van der Waals surface area contributed by atoms with Crippen molar-refractivity contribution in [3.63, 3.8) is 0 Å². The van der Waals surface area contributed by atoms with Crippen LogP contribution in [-0.4, -0.2) is 48.1 Å². The van der Waals surface area contributed by atoms with E-state index in [4.69, 9.17) is 4.74 Å². The standard InChI is InChI=1S/C21H26N4O4/c1-24-11-5-6-16(20(24)27)19(26)22-14-15-9-12-25(13-10-15)21(28)23-17-7-3-4-8-18(17)29-2/h3-8,11,15H,9-10,12-14H2,1-2H3,(H,22,26)(H,23,28). The summed E-state index contributed by atoms with van der Waals surface area (Å²) in [6, 6.07) is 10.3. The van der Waals surface area contributed by atoms with E-state index in [1.165, 1.54) is 10.6 Å². The summed E-state index contributed by atoms with van der Waals surface area (Å²) >= 11 is 0. The van der Waals surface area contributed by atoms with Crippen molar-refractivity contribution >= 4 is 17.6 Å². The Morgan fingerprint density at radius 3 is 2.59 bits per heavy atom. The Morgan fingerprint density at radius 2 is 1.86 bits per heavy atom. The quantitative estimate of drug-likeness (QED) is 0.806. The third-order valence-corrected chi connectivity index (χ3v) is 5.17. The molecule has 0 bridgehead atoms. The molecule has 8 heteroatoms. The average molecular weight is 398 g/mol. The maximum absolute atomic E-state index is 12.5. The van der Waals surface area contributed by atoms with E-state index in [1.807, 2.05) is 12.1 Å². The monoisotopic (exact) mass is 398 g/mol. The zero-order valence-electron chi connectivity index (χ0n) is 16.7. The molecule has 29 heavy (non-hydrogen) atoms. The van der Waals surface area contributed by atoms with Gasteiger partial charge in [-0.2, -0.15) is 0 Å². The summed E-state index contributed by atoms with van der Waals surface area (Å²) in [6.45, 7) is 1.70. The van der Waals surface area contributed by atoms with E-state index < -0.39 is 0 Å². The van der Waals surface area contributed by atoms with Crippen LogP contribution in [0.4, 0.5) is 10.5 Å². The summed E-state index contributed by atoms with van der Waals surface area (Å²) in [5.41, 5.74) is 0.468. The van der Waals surface area contributed by atoms with Gasteiger partial charge in [0.15, 0.2) is 0 Å². The first-order valence-electron chi connectivity index (χ1n) is 9.62. The molecular weight excluding hydrogens is 372 g/mol. The predicted octanol–water partition coefficient (Wildman–Crippen LogP) is 2.07. The maximum Gasteiger partial charge on any atom is 0.321 e. The van der Waals surface area contributed by atoms with Crippen LogP contribution in [0.25, 0.3) is 0 Å². The van der Waals surface area contributed by atoms with Crippen LogP contribution in [-0.2, 0) is 7.05 Å². The van der Waals surface area contributed by atoms with Crippen molar-refractivity contribution < 1.29 is 14.3 Å². The van der Waals surface area contributed by atoms with Crippen LogP contribution in [0.1, 0.15) is 23.2 Å². The second-order valence-corrected chi connectivity index (χ2v) is 7.11. The molecule has 0 radical (unpaired) electrons. The Bertz CT molecular complexity index is 932. The van der Waals surface area contributed by atoms with E-state index in [9.17, 15) is 14.4 Å². The van der Waals surface area contributed by atoms with Crippen molar-refractivity contribution in [2.24, 2.45) is 13.0 Å². The van der Waals surface area contributed by atoms with E-state index in [1.54, 1.807) is 43.5 Å². The van der Waals surface area contributed by atoms with E-state index in [0.717, 1.165) is 12.8 Å². The molecule has 0 atom stereocenters. The lowest BCUT2D eigenvalue weighted by Gasteiger charge is -2.32. The Morgan fingerprint density at radius 1 is 1.14 bits per heavy atom. The molecule has 1 fully saturated rings. The largest absolute Gasteiger partial charge is 0.495 e. The fourth-order valence-electron chi connectivity index (χ4n) is 3.38. The molecule has 2 heterocycles. The van der Waals surface area contributed by atoms with Gasteiger partial charge in [0.25, 0.3) is 11.5 Å². The number of anilines is 1. The number of aryl methyl sites for hydroxylation is 1. The van der Waals surface area contributed by atoms with Gasteiger partial charge in [0.1, 0.15) is 11.3 Å². The molecule has 8 nitrogen and oxygen atoms in total. The highest BCUT2D eigenvalue weighted by Crippen LogP contribution is 2.24. The Kier molecular flexibility index (Phi) is 6.54. The number of aromatic nitrogens is 1. The molecule has 1 aliphatic rings. The molecule has 0 spiro atoms. The summed E-state index contributed by atoms with van der Waals surface area (Å²) in [5.74, 6) is 0.523. The molecule has 0 unspecified atom stereocenters. The van der Waals surface area contributed by atoms with Crippen molar-refractivity contribution in [3.8, 4) is 5.75 Å². The molecule has 1 aromatic heterocycles. The number of likely N-dealkylation sites (tertiary alicyclic amines) is 1. The zero-order valence-corrected chi connectivity index (χ0v) is 16.7. The summed E-state index contributed by atoms with van der Waals surface area (Å²) in [7, 11) is 3.18. The van der Waals surface area contributed by atoms with Crippen LogP contribution in [0.15, 0.2) is 47.4 Å². The van der Waals surface area contributed by atoms with E-state index in [-0.39, 0.29) is 29.0 Å². The lowest BCUT2D eigenvalue weighted by Crippen LogP contribution is -2.43. The molecular formula is C21H26N4O4. The van der Waals surface area contributed by atoms with Gasteiger partial charge in [-0.3, -0.25) is 9.59 Å². The number of carbonyl (C=O) groups is 2. The second-order valence-electron chi connectivity index (χ2n) is 7.11. The first kappa shape index (κ1) is 20.4. The summed E-state index contributed by atoms with van der Waals surface area (Å²) in [6.07, 6.45) is 3.18. The number of benzene rings is 1. The zero-order chi connectivity index (χ0) is 20.8. The number of para-hydroxylation sites is 2. The first-order chi connectivity index (χ1) is 14.0. The number of pyridine rings is 1. The Hall–Kier alpha value is -3.29. The normalized spacial score (nSPS) is 14.3. The number of nitrogens with zero attached hydrogens (tertiary/aromatic N) is 2. The number of urea groups is 1. The molecule has 2 aromatic rings. The maximum atomic E-state index is 12.5. The first-order valence-corrected chi connectivity index (χ1v) is 9.62. The second kappa shape index (κ2) is 9.27. The topological polar surface area (TPSA) is 92.7 Å². The molecule has 0 saturated carbocycles. The molecule has 1 saturated heterocycles. The molecule has 1 aliphatic heterocycles. The van der Waals surface area contributed by atoms with Crippen LogP contribution < -0.4 is 20.9 Å². The fourth-order valence-corrected chi connectivity index (χ4v) is 3.38. The molecule has 2 N–H and O–H groups in total. The fraction of sp³-hybridized carbons (Fsp3) is 0.381. The van der Waals surface area contributed by atoms with Crippen LogP contribution in [0, 0.1) is 5.92 Å². The van der Waals surface area contributed by atoms with Gasteiger partial charge in [0, 0.05) is 32.9 Å². The third-order valence-electron chi connectivity index (χ3n) is 5.17. The third kappa shape index (κ3) is 4.96. The van der Waals surface area contributed by atoms with E-state index >= 15 is 0 Å². The number of nitrogens with one attached hydrogen (secondary N) is 2. The van der Waals surface area contributed by atoms with E-state index in [2.05, 4.69) is 10.6 Å². The van der Waals surface area contributed by atoms with Gasteiger partial charge < -0.3 is 24.8 Å². The summed E-state index contributed by atoms with van der Waals surface area (Å²) < 4.78 is 6.64. The average Bonchev–Trinajstić information content (AvgIpc) is 2.74. The minimum Gasteiger partial charge on any atom is -0.495 e. The number of amides is 3. The molecule has 1 aromatic carbocycles. The predicted molar refractivity (Wildman–Crippen MR) is 110 cm³/mol. The lowest BCUT2D eigenvalue weighted by atomic mass is 9.97. The van der Waals surface area contributed by atoms with Crippen LogP contribution >= 0.6 is 0 Å². The highest BCUT2D eigenvalue weighted by atomic mass is 16.5. The highest BCUT2D eigenvalue weighted by molar-refractivity contribution is 5.93. The summed E-state index contributed by atoms with van der Waals surface area (Å²) in [4.78, 5) is 38.6. The van der Waals surface area contributed by atoms with Crippen LogP contribution in [0.3, 0.4) is 0 Å². The van der Waals surface area contributed by atoms with Gasteiger partial charge in [-0.25, -0.2) is 4.79 Å². The number of methoxy groups -OCH3 is 1. The number of hydrogen-bond donors (Lipinski definition) is 2. The van der Waals surface area contributed by atoms with Crippen molar-refractivity contribution in [1.29, 1.82) is 0 Å². The minimum absolute atomic E-state index is 0.142. The van der Waals surface area contributed by atoms with Crippen molar-refractivity contribution in [2.75, 3.05) is 32.1 Å². The minimum atomic E-state index is -0.359. The molecule has 3 amide bonds. The molecule has 3 rings (SSSR count). The Balaban J connectivity index is 1.48. The number of carbonyl (C=O) groups excluding carboxylic acids is 2. The molecule has 0 aliphatic carbocycles. The van der Waals surface area contributed by atoms with Crippen molar-refractivity contribution in [3.05, 3.63) is 58.5 Å². The highest BCUT2D eigenvalue weighted by Gasteiger charge is 2.24. The molecule has 154 valence electrons. The van der Waals surface area contributed by atoms with Gasteiger partial charge in [-0.1, -0.05) is 12.1 Å². The van der Waals surface area contributed by atoms with Gasteiger partial charge >= 0.3 is 6.03 Å². The van der Waals surface area contributed by atoms with Gasteiger partial charge in [0.2, 0.25) is 0 Å². The van der Waals surface area contributed by atoms with Gasteiger partial charge in [-0.05, 0) is 43.0 Å². The smallest absolute Gasteiger partial charge is 0.321 e. The number of ether oxygens (including phenoxy) is 1. The van der Waals surface area contributed by atoms with Crippen LogP contribution in [0.5, 0.6) is 5.75 Å². The van der Waals surface area contributed by atoms with Crippen LogP contribution in [0.2, 0.25) is 0 Å². The summed E-state index contributed by atoms with van der Waals surface area (Å²) in [5, 5.41) is 5.73. The Labute approximate surface area is 169 Å². The van der Waals surface area contributed by atoms with Gasteiger partial charge in [0.05, 0.1) is 12.8 Å². The van der Waals surface area contributed by atoms with Crippen molar-refractivity contribution in [1.82, 2.24) is 14.8 Å². The van der Waals surface area contributed by atoms with Crippen molar-refractivity contribution in [2.45, 2.75) is 12.8 Å². The number of hydrogen-bond acceptors (Lipinski definition) is 4. The number of rotatable bonds is 5. The SMILES string of the molecule is COc1ccccc1NC(=O)N1CCC(CNC(=O)c2cccn(C)c2=O)CC1. The lowest BCUT2D eigenvalue weighted by molar-refractivity contribution is 0.0936. The van der Waals surface area contributed by atoms with E-state index in [0.29, 0.717) is 31.1 Å². The number of piperidine rings is 1. The van der Waals surface area contributed by atoms with Gasteiger partial charge in [-0.15, -0.1) is 0 Å².